The van der Waals surface area contributed by atoms with Gasteiger partial charge in [-0.25, -0.2) is 12.7 Å². The van der Waals surface area contributed by atoms with Crippen LogP contribution in [0.5, 0.6) is 5.75 Å². The third kappa shape index (κ3) is 3.79. The predicted molar refractivity (Wildman–Crippen MR) is 106 cm³/mol. The zero-order valence-electron chi connectivity index (χ0n) is 15.3. The van der Waals surface area contributed by atoms with Crippen LogP contribution in [-0.4, -0.2) is 39.8 Å². The second-order valence-electron chi connectivity index (χ2n) is 6.17. The summed E-state index contributed by atoms with van der Waals surface area (Å²) in [4.78, 5) is 12.6. The number of nitrogens with one attached hydrogen (secondary N) is 1. The minimum atomic E-state index is -3.75. The fourth-order valence-electron chi connectivity index (χ4n) is 2.69. The molecule has 0 radical (unpaired) electrons. The molecule has 0 atom stereocenters. The predicted octanol–water partition coefficient (Wildman–Crippen LogP) is 3.35. The number of hydrogen-bond acceptors (Lipinski definition) is 4. The lowest BCUT2D eigenvalue weighted by Gasteiger charge is -2.15. The minimum Gasteiger partial charge on any atom is -0.495 e. The highest BCUT2D eigenvalue weighted by Crippen LogP contribution is 2.27. The van der Waals surface area contributed by atoms with Gasteiger partial charge in [-0.3, -0.25) is 4.79 Å². The minimum absolute atomic E-state index is 0.0545. The van der Waals surface area contributed by atoms with Gasteiger partial charge in [0.2, 0.25) is 10.0 Å². The molecular weight excluding hydrogens is 364 g/mol. The summed E-state index contributed by atoms with van der Waals surface area (Å²) >= 11 is 0. The molecule has 0 aromatic heterocycles. The molecule has 0 bridgehead atoms. The highest BCUT2D eigenvalue weighted by atomic mass is 32.2. The molecule has 1 amide bonds. The van der Waals surface area contributed by atoms with Crippen molar-refractivity contribution in [3.05, 3.63) is 66.2 Å². The van der Waals surface area contributed by atoms with Crippen molar-refractivity contribution >= 4 is 32.4 Å². The maximum atomic E-state index is 12.6. The summed E-state index contributed by atoms with van der Waals surface area (Å²) in [6.45, 7) is 0. The summed E-state index contributed by atoms with van der Waals surface area (Å²) in [5.41, 5.74) is 0.857. The number of carbonyl (C=O) groups is 1. The standard InChI is InChI=1S/C20H20N2O4S/c1-22(2)27(24,25)19-13-16(9-11-18(19)26-3)20(23)21-17-10-8-14-6-4-5-7-15(14)12-17/h4-13H,1-3H3,(H,21,23). The van der Waals surface area contributed by atoms with Gasteiger partial charge < -0.3 is 10.1 Å². The van der Waals surface area contributed by atoms with Crippen molar-refractivity contribution in [2.45, 2.75) is 4.90 Å². The number of sulfonamides is 1. The molecule has 7 heteroatoms. The summed E-state index contributed by atoms with van der Waals surface area (Å²) < 4.78 is 31.2. The van der Waals surface area contributed by atoms with E-state index in [1.165, 1.54) is 39.4 Å². The number of methoxy groups -OCH3 is 1. The van der Waals surface area contributed by atoms with E-state index >= 15 is 0 Å². The molecular formula is C20H20N2O4S. The second-order valence-corrected chi connectivity index (χ2v) is 8.29. The van der Waals surface area contributed by atoms with Crippen LogP contribution in [0.4, 0.5) is 5.69 Å². The molecule has 0 unspecified atom stereocenters. The van der Waals surface area contributed by atoms with Crippen molar-refractivity contribution in [2.75, 3.05) is 26.5 Å². The number of benzene rings is 3. The van der Waals surface area contributed by atoms with Crippen molar-refractivity contribution in [1.29, 1.82) is 0 Å². The largest absolute Gasteiger partial charge is 0.495 e. The molecule has 0 saturated carbocycles. The van der Waals surface area contributed by atoms with Gasteiger partial charge in [-0.2, -0.15) is 0 Å². The van der Waals surface area contributed by atoms with E-state index in [2.05, 4.69) is 5.32 Å². The summed E-state index contributed by atoms with van der Waals surface area (Å²) in [6, 6.07) is 17.7. The van der Waals surface area contributed by atoms with Crippen LogP contribution in [0.15, 0.2) is 65.6 Å². The van der Waals surface area contributed by atoms with E-state index in [0.29, 0.717) is 5.69 Å². The van der Waals surface area contributed by atoms with Crippen LogP contribution < -0.4 is 10.1 Å². The molecule has 27 heavy (non-hydrogen) atoms. The fraction of sp³-hybridized carbons (Fsp3) is 0.150. The van der Waals surface area contributed by atoms with Gasteiger partial charge >= 0.3 is 0 Å². The smallest absolute Gasteiger partial charge is 0.255 e. The van der Waals surface area contributed by atoms with Gasteiger partial charge in [0.15, 0.2) is 0 Å². The van der Waals surface area contributed by atoms with E-state index < -0.39 is 15.9 Å². The second kappa shape index (κ2) is 7.38. The first kappa shape index (κ1) is 18.9. The Hall–Kier alpha value is -2.90. The zero-order chi connectivity index (χ0) is 19.6. The van der Waals surface area contributed by atoms with Gasteiger partial charge in [0, 0.05) is 25.3 Å². The number of rotatable bonds is 5. The van der Waals surface area contributed by atoms with E-state index in [4.69, 9.17) is 4.74 Å². The SMILES string of the molecule is COc1ccc(C(=O)Nc2ccc3ccccc3c2)cc1S(=O)(=O)N(C)C. The third-order valence-electron chi connectivity index (χ3n) is 4.19. The van der Waals surface area contributed by atoms with Crippen molar-refractivity contribution in [3.63, 3.8) is 0 Å². The maximum Gasteiger partial charge on any atom is 0.255 e. The van der Waals surface area contributed by atoms with Crippen LogP contribution >= 0.6 is 0 Å². The third-order valence-corrected chi connectivity index (χ3v) is 6.03. The number of anilines is 1. The van der Waals surface area contributed by atoms with E-state index in [1.807, 2.05) is 36.4 Å². The van der Waals surface area contributed by atoms with Gasteiger partial charge in [-0.1, -0.05) is 30.3 Å². The molecule has 0 aliphatic rings. The summed E-state index contributed by atoms with van der Waals surface area (Å²) in [6.07, 6.45) is 0. The van der Waals surface area contributed by atoms with Gasteiger partial charge in [0.1, 0.15) is 10.6 Å². The van der Waals surface area contributed by atoms with Crippen LogP contribution in [0.25, 0.3) is 10.8 Å². The summed E-state index contributed by atoms with van der Waals surface area (Å²) in [7, 11) is 0.493. The summed E-state index contributed by atoms with van der Waals surface area (Å²) in [5.74, 6) is -0.214. The quantitative estimate of drug-likeness (QED) is 0.732. The lowest BCUT2D eigenvalue weighted by Crippen LogP contribution is -2.23. The Kier molecular flexibility index (Phi) is 5.16. The van der Waals surface area contributed by atoms with E-state index in [0.717, 1.165) is 15.1 Å². The number of ether oxygens (including phenoxy) is 1. The molecule has 0 fully saturated rings. The van der Waals surface area contributed by atoms with E-state index in [9.17, 15) is 13.2 Å². The Bertz CT molecular complexity index is 1110. The summed E-state index contributed by atoms with van der Waals surface area (Å²) in [5, 5.41) is 4.88. The monoisotopic (exact) mass is 384 g/mol. The molecule has 3 rings (SSSR count). The number of carbonyl (C=O) groups excluding carboxylic acids is 1. The fourth-order valence-corrected chi connectivity index (χ4v) is 3.76. The molecule has 1 N–H and O–H groups in total. The van der Waals surface area contributed by atoms with Crippen molar-refractivity contribution < 1.29 is 17.9 Å². The normalized spacial score (nSPS) is 11.6. The molecule has 3 aromatic carbocycles. The van der Waals surface area contributed by atoms with Crippen LogP contribution in [-0.2, 0) is 10.0 Å². The molecule has 140 valence electrons. The molecule has 0 spiro atoms. The van der Waals surface area contributed by atoms with Crippen LogP contribution in [0.3, 0.4) is 0 Å². The number of fused-ring (bicyclic) bond motifs is 1. The van der Waals surface area contributed by atoms with Gasteiger partial charge in [-0.15, -0.1) is 0 Å². The molecule has 0 heterocycles. The Balaban J connectivity index is 1.94. The highest BCUT2D eigenvalue weighted by Gasteiger charge is 2.24. The average Bonchev–Trinajstić information content (AvgIpc) is 2.67. The van der Waals surface area contributed by atoms with E-state index in [1.54, 1.807) is 6.07 Å². The van der Waals surface area contributed by atoms with Gasteiger partial charge in [0.05, 0.1) is 7.11 Å². The van der Waals surface area contributed by atoms with Crippen molar-refractivity contribution in [2.24, 2.45) is 0 Å². The molecule has 3 aromatic rings. The van der Waals surface area contributed by atoms with Crippen molar-refractivity contribution in [3.8, 4) is 5.75 Å². The van der Waals surface area contributed by atoms with Crippen LogP contribution in [0, 0.1) is 0 Å². The van der Waals surface area contributed by atoms with E-state index in [-0.39, 0.29) is 16.2 Å². The maximum absolute atomic E-state index is 12.6. The van der Waals surface area contributed by atoms with Gasteiger partial charge in [-0.05, 0) is 41.1 Å². The Morgan fingerprint density at radius 3 is 2.33 bits per heavy atom. The molecule has 0 aliphatic carbocycles. The average molecular weight is 384 g/mol. The molecule has 0 aliphatic heterocycles. The molecule has 6 nitrogen and oxygen atoms in total. The van der Waals surface area contributed by atoms with Crippen LogP contribution in [0.1, 0.15) is 10.4 Å². The first-order valence-corrected chi connectivity index (χ1v) is 9.67. The Morgan fingerprint density at radius 2 is 1.67 bits per heavy atom. The Labute approximate surface area is 158 Å². The number of nitrogens with zero attached hydrogens (tertiary/aromatic N) is 1. The molecule has 0 saturated heterocycles. The number of hydrogen-bond donors (Lipinski definition) is 1. The van der Waals surface area contributed by atoms with Gasteiger partial charge in [0.25, 0.3) is 5.91 Å². The zero-order valence-corrected chi connectivity index (χ0v) is 16.1. The van der Waals surface area contributed by atoms with Crippen molar-refractivity contribution in [1.82, 2.24) is 4.31 Å². The lowest BCUT2D eigenvalue weighted by atomic mass is 10.1. The first-order chi connectivity index (χ1) is 12.8. The topological polar surface area (TPSA) is 75.7 Å². The highest BCUT2D eigenvalue weighted by molar-refractivity contribution is 7.89. The number of amides is 1. The van der Waals surface area contributed by atoms with Crippen LogP contribution in [0.2, 0.25) is 0 Å². The lowest BCUT2D eigenvalue weighted by molar-refractivity contribution is 0.102. The Morgan fingerprint density at radius 1 is 0.963 bits per heavy atom. The first-order valence-electron chi connectivity index (χ1n) is 8.23.